The molecule has 0 spiro atoms. The van der Waals surface area contributed by atoms with Crippen molar-refractivity contribution < 1.29 is 35.9 Å². The maximum absolute atomic E-state index is 13.6. The Hall–Kier alpha value is -4.26. The van der Waals surface area contributed by atoms with Crippen LogP contribution in [0, 0.1) is 0 Å². The first kappa shape index (κ1) is 30.2. The van der Waals surface area contributed by atoms with Gasteiger partial charge in [0.1, 0.15) is 0 Å². The predicted octanol–water partition coefficient (Wildman–Crippen LogP) is 7.74. The summed E-state index contributed by atoms with van der Waals surface area (Å²) in [5.41, 5.74) is -1.84. The monoisotopic (exact) mass is 618 g/mol. The average molecular weight is 619 g/mol. The van der Waals surface area contributed by atoms with Gasteiger partial charge in [0.2, 0.25) is 0 Å². The number of benzene rings is 3. The molecule has 2 N–H and O–H groups in total. The highest BCUT2D eigenvalue weighted by molar-refractivity contribution is 8.13. The highest BCUT2D eigenvalue weighted by Crippen LogP contribution is 2.41. The van der Waals surface area contributed by atoms with E-state index in [1.165, 1.54) is 6.07 Å². The molecular weight excluding hydrogens is 594 g/mol. The first-order chi connectivity index (χ1) is 20.3. The van der Waals surface area contributed by atoms with Gasteiger partial charge in [-0.1, -0.05) is 42.1 Å². The molecule has 2 aliphatic rings. The van der Waals surface area contributed by atoms with E-state index in [9.17, 15) is 35.9 Å². The zero-order valence-electron chi connectivity index (χ0n) is 22.5. The molecule has 5 rings (SSSR count). The zero-order valence-corrected chi connectivity index (χ0v) is 23.3. The number of alkyl halides is 6. The molecule has 0 aromatic heterocycles. The number of nitrogens with zero attached hydrogens (tertiary/aromatic N) is 2. The van der Waals surface area contributed by atoms with Gasteiger partial charge >= 0.3 is 12.4 Å². The third kappa shape index (κ3) is 6.71. The van der Waals surface area contributed by atoms with Gasteiger partial charge in [-0.2, -0.15) is 26.3 Å². The third-order valence-electron chi connectivity index (χ3n) is 6.84. The number of para-hydroxylation sites is 1. The number of allylic oxidation sites excluding steroid dienone is 1. The lowest BCUT2D eigenvalue weighted by Gasteiger charge is -2.41. The number of carbonyl (C=O) groups excluding carboxylic acids is 2. The van der Waals surface area contributed by atoms with Crippen molar-refractivity contribution in [2.75, 3.05) is 22.9 Å². The minimum Gasteiger partial charge on any atom is -0.340 e. The Kier molecular flexibility index (Phi) is 8.28. The molecule has 2 amide bonds. The Morgan fingerprint density at radius 2 is 1.47 bits per heavy atom. The van der Waals surface area contributed by atoms with E-state index in [0.29, 0.717) is 41.2 Å². The Bertz CT molecular complexity index is 1590. The minimum atomic E-state index is -5.09. The fraction of sp³-hybridized carbons (Fsp3) is 0.233. The highest BCUT2D eigenvalue weighted by Gasteiger charge is 2.39. The Morgan fingerprint density at radius 1 is 0.837 bits per heavy atom. The molecule has 224 valence electrons. The van der Waals surface area contributed by atoms with E-state index >= 15 is 0 Å². The summed E-state index contributed by atoms with van der Waals surface area (Å²) in [4.78, 5) is 33.2. The lowest BCUT2D eigenvalue weighted by molar-refractivity contribution is -0.143. The van der Waals surface area contributed by atoms with Crippen LogP contribution in [0.5, 0.6) is 0 Å². The molecule has 0 saturated carbocycles. The molecule has 0 bridgehead atoms. The van der Waals surface area contributed by atoms with Crippen LogP contribution in [0.4, 0.5) is 37.7 Å². The van der Waals surface area contributed by atoms with Crippen LogP contribution < -0.4 is 10.6 Å². The van der Waals surface area contributed by atoms with Gasteiger partial charge in [-0.15, -0.1) is 0 Å². The fourth-order valence-corrected chi connectivity index (χ4v) is 5.92. The van der Waals surface area contributed by atoms with Crippen LogP contribution in [-0.2, 0) is 17.1 Å². The topological polar surface area (TPSA) is 73.8 Å². The van der Waals surface area contributed by atoms with E-state index in [1.54, 1.807) is 61.2 Å². The van der Waals surface area contributed by atoms with Crippen molar-refractivity contribution in [1.82, 2.24) is 4.90 Å². The summed E-state index contributed by atoms with van der Waals surface area (Å²) in [7, 11) is 0. The highest BCUT2D eigenvalue weighted by atomic mass is 32.2. The predicted molar refractivity (Wildman–Crippen MR) is 153 cm³/mol. The summed E-state index contributed by atoms with van der Waals surface area (Å²) < 4.78 is 80.0. The summed E-state index contributed by atoms with van der Waals surface area (Å²) in [5, 5.41) is 6.03. The quantitative estimate of drug-likeness (QED) is 0.287. The van der Waals surface area contributed by atoms with E-state index in [-0.39, 0.29) is 17.7 Å². The molecule has 3 aromatic carbocycles. The van der Waals surface area contributed by atoms with Crippen molar-refractivity contribution in [3.63, 3.8) is 0 Å². The number of hydrogen-bond donors (Lipinski definition) is 2. The van der Waals surface area contributed by atoms with Gasteiger partial charge in [-0.25, -0.2) is 4.99 Å². The standard InChI is InChI=1S/C30H24F6N4O2S/c1-17-24(27(42)38-22-8-3-2-4-9-22)25(40-11-6-12-43-28(40)37-17)18-7-5-10-23(15-18)39-26(41)19-13-20(29(31,32)33)16-21(14-19)30(34,35)36/h2-5,7-10,13-16,25H,6,11-12H2,1H3,(H,38,42)(H,39,41). The number of nitrogens with one attached hydrogen (secondary N) is 2. The number of anilines is 2. The van der Waals surface area contributed by atoms with Crippen molar-refractivity contribution in [3.8, 4) is 0 Å². The van der Waals surface area contributed by atoms with Crippen LogP contribution in [0.15, 0.2) is 89.1 Å². The van der Waals surface area contributed by atoms with Gasteiger partial charge in [-0.05, 0) is 61.4 Å². The second-order valence-corrected chi connectivity index (χ2v) is 10.9. The molecule has 13 heteroatoms. The van der Waals surface area contributed by atoms with Crippen molar-refractivity contribution in [3.05, 3.63) is 106 Å². The van der Waals surface area contributed by atoms with Crippen molar-refractivity contribution in [2.45, 2.75) is 31.7 Å². The summed E-state index contributed by atoms with van der Waals surface area (Å²) >= 11 is 1.54. The molecule has 1 unspecified atom stereocenters. The fourth-order valence-electron chi connectivity index (χ4n) is 4.90. The smallest absolute Gasteiger partial charge is 0.340 e. The Morgan fingerprint density at radius 3 is 2.12 bits per heavy atom. The molecule has 0 aliphatic carbocycles. The number of halogens is 6. The largest absolute Gasteiger partial charge is 0.416 e. The number of amides is 2. The van der Waals surface area contributed by atoms with Crippen LogP contribution in [0.25, 0.3) is 0 Å². The van der Waals surface area contributed by atoms with E-state index in [4.69, 9.17) is 0 Å². The van der Waals surface area contributed by atoms with Crippen LogP contribution in [0.3, 0.4) is 0 Å². The minimum absolute atomic E-state index is 0.0348. The normalized spacial score (nSPS) is 17.2. The van der Waals surface area contributed by atoms with Gasteiger partial charge in [0.25, 0.3) is 11.8 Å². The molecule has 0 radical (unpaired) electrons. The number of rotatable bonds is 5. The molecule has 2 aliphatic heterocycles. The first-order valence-corrected chi connectivity index (χ1v) is 14.1. The summed E-state index contributed by atoms with van der Waals surface area (Å²) in [6.07, 6.45) is -9.37. The second kappa shape index (κ2) is 11.8. The average Bonchev–Trinajstić information content (AvgIpc) is 2.96. The van der Waals surface area contributed by atoms with Gasteiger partial charge in [-0.3, -0.25) is 9.59 Å². The Labute approximate surface area is 246 Å². The van der Waals surface area contributed by atoms with Crippen LogP contribution in [0.1, 0.15) is 46.4 Å². The molecule has 6 nitrogen and oxygen atoms in total. The maximum Gasteiger partial charge on any atom is 0.416 e. The molecule has 43 heavy (non-hydrogen) atoms. The van der Waals surface area contributed by atoms with E-state index in [1.807, 2.05) is 11.0 Å². The van der Waals surface area contributed by atoms with Crippen molar-refractivity contribution in [1.29, 1.82) is 0 Å². The molecule has 2 heterocycles. The zero-order chi connectivity index (χ0) is 30.9. The van der Waals surface area contributed by atoms with Crippen molar-refractivity contribution in [2.24, 2.45) is 4.99 Å². The van der Waals surface area contributed by atoms with Gasteiger partial charge < -0.3 is 15.5 Å². The lowest BCUT2D eigenvalue weighted by Crippen LogP contribution is -2.43. The van der Waals surface area contributed by atoms with Gasteiger partial charge in [0, 0.05) is 29.2 Å². The third-order valence-corrected chi connectivity index (χ3v) is 7.92. The van der Waals surface area contributed by atoms with Crippen LogP contribution in [0.2, 0.25) is 0 Å². The SMILES string of the molecule is CC1=C(C(=O)Nc2ccccc2)C(c2cccc(NC(=O)c3cc(C(F)(F)F)cc(C(F)(F)F)c3)c2)N2CCCSC2=N1. The van der Waals surface area contributed by atoms with Crippen LogP contribution >= 0.6 is 11.8 Å². The molecule has 1 atom stereocenters. The second-order valence-electron chi connectivity index (χ2n) is 9.89. The van der Waals surface area contributed by atoms with Crippen LogP contribution in [-0.4, -0.2) is 34.2 Å². The maximum atomic E-state index is 13.6. The first-order valence-electron chi connectivity index (χ1n) is 13.1. The molecular formula is C30H24F6N4O2S. The number of hydrogen-bond acceptors (Lipinski definition) is 5. The summed E-state index contributed by atoms with van der Waals surface area (Å²) in [5.74, 6) is -0.694. The van der Waals surface area contributed by atoms with E-state index in [2.05, 4.69) is 15.6 Å². The summed E-state index contributed by atoms with van der Waals surface area (Å²) in [6, 6.07) is 15.3. The molecule has 1 fully saturated rings. The van der Waals surface area contributed by atoms with Gasteiger partial charge in [0.15, 0.2) is 5.17 Å². The van der Waals surface area contributed by atoms with Gasteiger partial charge in [0.05, 0.1) is 28.4 Å². The summed E-state index contributed by atoms with van der Waals surface area (Å²) in [6.45, 7) is 2.32. The van der Waals surface area contributed by atoms with E-state index < -0.39 is 41.0 Å². The molecule has 3 aromatic rings. The number of thioether (sulfide) groups is 1. The lowest BCUT2D eigenvalue weighted by atomic mass is 9.93. The number of amidine groups is 1. The van der Waals surface area contributed by atoms with Crippen molar-refractivity contribution >= 4 is 40.1 Å². The van der Waals surface area contributed by atoms with E-state index in [0.717, 1.165) is 17.3 Å². The number of aliphatic imine (C=N–C) groups is 1. The number of fused-ring (bicyclic) bond motifs is 1. The molecule has 1 saturated heterocycles. The Balaban J connectivity index is 1.49. The number of carbonyl (C=O) groups is 2.